The number of aromatic nitrogens is 1. The zero-order valence-electron chi connectivity index (χ0n) is 8.42. The maximum Gasteiger partial charge on any atom is 0.339 e. The maximum absolute atomic E-state index is 11.1. The number of rotatable bonds is 2. The smallest absolute Gasteiger partial charge is 0.339 e. The van der Waals surface area contributed by atoms with Crippen LogP contribution in [0.1, 0.15) is 10.4 Å². The first-order valence-corrected chi connectivity index (χ1v) is 4.04. The largest absolute Gasteiger partial charge is 0.465 e. The van der Waals surface area contributed by atoms with Crippen molar-refractivity contribution in [3.8, 4) is 0 Å². The van der Waals surface area contributed by atoms with E-state index in [1.807, 2.05) is 21.1 Å². The van der Waals surface area contributed by atoms with Crippen molar-refractivity contribution in [3.05, 3.63) is 17.8 Å². The van der Waals surface area contributed by atoms with Gasteiger partial charge in [0.1, 0.15) is 0 Å². The number of nitrogens with one attached hydrogen (secondary N) is 1. The summed E-state index contributed by atoms with van der Waals surface area (Å²) in [6, 6.07) is 1.80. The molecule has 0 atom stereocenters. The number of carbonyl (C=O) groups is 1. The maximum atomic E-state index is 11.1. The fourth-order valence-corrected chi connectivity index (χ4v) is 1.01. The van der Waals surface area contributed by atoms with E-state index in [2.05, 4.69) is 9.72 Å². The van der Waals surface area contributed by atoms with Crippen molar-refractivity contribution >= 4 is 11.8 Å². The molecule has 4 heteroatoms. The predicted octanol–water partition coefficient (Wildman–Crippen LogP) is 0.998. The summed E-state index contributed by atoms with van der Waals surface area (Å²) in [4.78, 5) is 14.1. The Bertz CT molecular complexity index is 310. The number of ether oxygens (including phenoxy) is 1. The predicted molar refractivity (Wildman–Crippen MR) is 51.7 cm³/mol. The molecule has 1 heterocycles. The van der Waals surface area contributed by atoms with Gasteiger partial charge >= 0.3 is 5.97 Å². The summed E-state index contributed by atoms with van der Waals surface area (Å²) in [6.45, 7) is 0. The molecule has 0 saturated heterocycles. The molecule has 0 saturated carbocycles. The van der Waals surface area contributed by atoms with Gasteiger partial charge in [0.2, 0.25) is 5.82 Å². The van der Waals surface area contributed by atoms with Crippen molar-refractivity contribution in [1.82, 2.24) is 9.47 Å². The molecule has 13 heavy (non-hydrogen) atoms. The molecule has 0 fully saturated rings. The van der Waals surface area contributed by atoms with Gasteiger partial charge in [0, 0.05) is 12.3 Å². The highest BCUT2D eigenvalue weighted by atomic mass is 16.5. The Morgan fingerprint density at radius 1 is 1.46 bits per heavy atom. The van der Waals surface area contributed by atoms with Gasteiger partial charge in [-0.1, -0.05) is 0 Å². The molecule has 1 N–H and O–H groups in total. The van der Waals surface area contributed by atoms with Crippen LogP contribution in [0.25, 0.3) is 0 Å². The monoisotopic (exact) mass is 183 g/mol. The van der Waals surface area contributed by atoms with Gasteiger partial charge in [-0.3, -0.25) is 4.48 Å². The summed E-state index contributed by atoms with van der Waals surface area (Å²) in [5.41, 5.74) is 0.561. The zero-order chi connectivity index (χ0) is 10.1. The van der Waals surface area contributed by atoms with Crippen LogP contribution >= 0.6 is 0 Å². The van der Waals surface area contributed by atoms with Gasteiger partial charge < -0.3 is 9.72 Å². The van der Waals surface area contributed by atoms with E-state index in [0.717, 1.165) is 5.82 Å². The van der Waals surface area contributed by atoms with Crippen LogP contribution in [0.15, 0.2) is 12.3 Å². The summed E-state index contributed by atoms with van der Waals surface area (Å²) in [5.74, 6) is 0.663. The molecule has 1 aromatic rings. The number of aromatic amines is 1. The van der Waals surface area contributed by atoms with Crippen molar-refractivity contribution in [3.63, 3.8) is 0 Å². The number of hydrogen-bond acceptors (Lipinski definition) is 2. The third-order valence-corrected chi connectivity index (χ3v) is 1.81. The van der Waals surface area contributed by atoms with Crippen LogP contribution in [0.3, 0.4) is 0 Å². The molecule has 0 spiro atoms. The van der Waals surface area contributed by atoms with E-state index in [0.29, 0.717) is 10.0 Å². The second kappa shape index (κ2) is 3.22. The Hall–Kier alpha value is -1.29. The van der Waals surface area contributed by atoms with Crippen LogP contribution in [-0.4, -0.2) is 39.2 Å². The van der Waals surface area contributed by atoms with Crippen molar-refractivity contribution < 1.29 is 9.53 Å². The average Bonchev–Trinajstić information content (AvgIpc) is 2.50. The van der Waals surface area contributed by atoms with E-state index in [1.54, 1.807) is 12.3 Å². The minimum atomic E-state index is -0.309. The molecular formula is C9H15N2O2+. The third-order valence-electron chi connectivity index (χ3n) is 1.81. The van der Waals surface area contributed by atoms with Gasteiger partial charge in [-0.05, 0) is 0 Å². The summed E-state index contributed by atoms with van der Waals surface area (Å²) in [6.07, 6.45) is 1.66. The van der Waals surface area contributed by atoms with Crippen molar-refractivity contribution in [2.24, 2.45) is 0 Å². The molecule has 0 unspecified atom stereocenters. The lowest BCUT2D eigenvalue weighted by Crippen LogP contribution is -2.35. The Morgan fingerprint density at radius 2 is 2.08 bits per heavy atom. The summed E-state index contributed by atoms with van der Waals surface area (Å²) in [5, 5.41) is 0. The molecule has 1 rings (SSSR count). The zero-order valence-corrected chi connectivity index (χ0v) is 8.42. The van der Waals surface area contributed by atoms with E-state index in [4.69, 9.17) is 0 Å². The highest BCUT2D eigenvalue weighted by Gasteiger charge is 2.17. The fraction of sp³-hybridized carbons (Fsp3) is 0.444. The van der Waals surface area contributed by atoms with Crippen LogP contribution in [0.2, 0.25) is 0 Å². The third kappa shape index (κ3) is 2.09. The lowest BCUT2D eigenvalue weighted by molar-refractivity contribution is 0.0601. The van der Waals surface area contributed by atoms with Gasteiger partial charge in [0.25, 0.3) is 0 Å². The topological polar surface area (TPSA) is 42.1 Å². The quantitative estimate of drug-likeness (QED) is 0.549. The van der Waals surface area contributed by atoms with E-state index in [1.165, 1.54) is 7.11 Å². The molecule has 0 aliphatic rings. The summed E-state index contributed by atoms with van der Waals surface area (Å²) in [7, 11) is 7.44. The number of methoxy groups -OCH3 is 1. The van der Waals surface area contributed by atoms with Crippen LogP contribution in [0, 0.1) is 0 Å². The second-order valence-electron chi connectivity index (χ2n) is 3.78. The Kier molecular flexibility index (Phi) is 2.43. The average molecular weight is 183 g/mol. The Balaban J connectivity index is 2.93. The number of quaternary nitrogens is 1. The summed E-state index contributed by atoms with van der Waals surface area (Å²) >= 11 is 0. The van der Waals surface area contributed by atoms with E-state index in [9.17, 15) is 4.79 Å². The molecule has 4 nitrogen and oxygen atoms in total. The Labute approximate surface area is 77.7 Å². The molecule has 0 aromatic carbocycles. The molecule has 0 amide bonds. The lowest BCUT2D eigenvalue weighted by atomic mass is 10.3. The van der Waals surface area contributed by atoms with Crippen LogP contribution in [0.5, 0.6) is 0 Å². The standard InChI is InChI=1S/C9H14N2O2/c1-11(2,3)8-5-7(6-10-8)9(12)13-4/h5-6H,1-4H3/p+1. The Morgan fingerprint density at radius 3 is 2.46 bits per heavy atom. The first-order valence-electron chi connectivity index (χ1n) is 4.04. The van der Waals surface area contributed by atoms with Gasteiger partial charge in [0.05, 0.1) is 33.8 Å². The van der Waals surface area contributed by atoms with Crippen molar-refractivity contribution in [2.75, 3.05) is 28.3 Å². The molecule has 0 aliphatic heterocycles. The number of esters is 1. The van der Waals surface area contributed by atoms with Crippen LogP contribution in [0.4, 0.5) is 5.82 Å². The molecule has 1 aromatic heterocycles. The lowest BCUT2D eigenvalue weighted by Gasteiger charge is -2.20. The highest BCUT2D eigenvalue weighted by Crippen LogP contribution is 2.16. The number of nitrogens with zero attached hydrogens (tertiary/aromatic N) is 1. The minimum Gasteiger partial charge on any atom is -0.465 e. The van der Waals surface area contributed by atoms with E-state index < -0.39 is 0 Å². The fourth-order valence-electron chi connectivity index (χ4n) is 1.01. The van der Waals surface area contributed by atoms with Crippen LogP contribution < -0.4 is 4.48 Å². The minimum absolute atomic E-state index is 0.309. The van der Waals surface area contributed by atoms with E-state index in [-0.39, 0.29) is 5.97 Å². The van der Waals surface area contributed by atoms with Gasteiger partial charge in [-0.25, -0.2) is 4.79 Å². The molecular weight excluding hydrogens is 168 g/mol. The van der Waals surface area contributed by atoms with Gasteiger partial charge in [0.15, 0.2) is 0 Å². The van der Waals surface area contributed by atoms with Gasteiger partial charge in [-0.15, -0.1) is 0 Å². The molecule has 0 radical (unpaired) electrons. The SMILES string of the molecule is COC(=O)c1c[nH]c([N+](C)(C)C)c1. The van der Waals surface area contributed by atoms with Crippen LogP contribution in [-0.2, 0) is 4.74 Å². The molecule has 0 aliphatic carbocycles. The first-order chi connectivity index (χ1) is 5.95. The molecule has 72 valence electrons. The highest BCUT2D eigenvalue weighted by molar-refractivity contribution is 5.90. The number of hydrogen-bond donors (Lipinski definition) is 1. The number of carbonyl (C=O) groups excluding carboxylic acids is 1. The number of H-pyrrole nitrogens is 1. The van der Waals surface area contributed by atoms with Crippen molar-refractivity contribution in [1.29, 1.82) is 0 Å². The summed E-state index contributed by atoms with van der Waals surface area (Å²) < 4.78 is 5.25. The van der Waals surface area contributed by atoms with Crippen molar-refractivity contribution in [2.45, 2.75) is 0 Å². The normalized spacial score (nSPS) is 11.4. The second-order valence-corrected chi connectivity index (χ2v) is 3.78. The van der Waals surface area contributed by atoms with Gasteiger partial charge in [-0.2, -0.15) is 0 Å². The molecule has 0 bridgehead atoms. The first kappa shape index (κ1) is 9.80. The van der Waals surface area contributed by atoms with E-state index >= 15 is 0 Å².